The van der Waals surface area contributed by atoms with E-state index in [1.165, 1.54) is 0 Å². The number of aromatic amines is 1. The standard InChI is InChI=1S/C13H25N5O/c1-10(2)19-8-11-15-12(17-16-11)18-6-4-13(3,9-14)5-7-18/h10H,4-9,14H2,1-3H3,(H,15,16,17). The fourth-order valence-corrected chi connectivity index (χ4v) is 2.19. The van der Waals surface area contributed by atoms with Gasteiger partial charge < -0.3 is 15.4 Å². The van der Waals surface area contributed by atoms with E-state index < -0.39 is 0 Å². The summed E-state index contributed by atoms with van der Waals surface area (Å²) in [4.78, 5) is 6.70. The Kier molecular flexibility index (Phi) is 4.42. The van der Waals surface area contributed by atoms with Crippen molar-refractivity contribution in [2.24, 2.45) is 11.1 Å². The summed E-state index contributed by atoms with van der Waals surface area (Å²) >= 11 is 0. The van der Waals surface area contributed by atoms with E-state index in [0.717, 1.165) is 44.2 Å². The molecule has 0 saturated carbocycles. The van der Waals surface area contributed by atoms with Crippen molar-refractivity contribution in [2.75, 3.05) is 24.5 Å². The van der Waals surface area contributed by atoms with Gasteiger partial charge in [-0.15, -0.1) is 5.10 Å². The summed E-state index contributed by atoms with van der Waals surface area (Å²) in [5.74, 6) is 1.57. The van der Waals surface area contributed by atoms with Crippen LogP contribution in [-0.4, -0.2) is 40.9 Å². The maximum absolute atomic E-state index is 5.82. The third-order valence-electron chi connectivity index (χ3n) is 3.82. The third kappa shape index (κ3) is 3.67. The predicted octanol–water partition coefficient (Wildman–Crippen LogP) is 1.29. The van der Waals surface area contributed by atoms with Gasteiger partial charge in [0.25, 0.3) is 0 Å². The topological polar surface area (TPSA) is 80.1 Å². The molecule has 0 bridgehead atoms. The SMILES string of the molecule is CC(C)OCc1nc(N2CCC(C)(CN)CC2)n[nH]1. The monoisotopic (exact) mass is 267 g/mol. The molecule has 0 unspecified atom stereocenters. The fraction of sp³-hybridized carbons (Fsp3) is 0.846. The van der Waals surface area contributed by atoms with E-state index in [1.54, 1.807) is 0 Å². The van der Waals surface area contributed by atoms with E-state index in [4.69, 9.17) is 10.5 Å². The first-order valence-corrected chi connectivity index (χ1v) is 7.00. The van der Waals surface area contributed by atoms with Crippen molar-refractivity contribution < 1.29 is 4.74 Å². The summed E-state index contributed by atoms with van der Waals surface area (Å²) in [6.07, 6.45) is 2.39. The number of aromatic nitrogens is 3. The van der Waals surface area contributed by atoms with Gasteiger partial charge in [0, 0.05) is 13.1 Å². The Labute approximate surface area is 114 Å². The lowest BCUT2D eigenvalue weighted by molar-refractivity contribution is 0.0615. The summed E-state index contributed by atoms with van der Waals surface area (Å²) in [6.45, 7) is 9.45. The number of ether oxygens (including phenoxy) is 1. The molecule has 2 heterocycles. The van der Waals surface area contributed by atoms with Crippen molar-refractivity contribution in [3.05, 3.63) is 5.82 Å². The molecule has 0 spiro atoms. The molecule has 2 rings (SSSR count). The highest BCUT2D eigenvalue weighted by Gasteiger charge is 2.29. The van der Waals surface area contributed by atoms with E-state index in [1.807, 2.05) is 13.8 Å². The Morgan fingerprint density at radius 2 is 2.11 bits per heavy atom. The Bertz CT molecular complexity index is 395. The van der Waals surface area contributed by atoms with Gasteiger partial charge in [-0.25, -0.2) is 0 Å². The number of nitrogens with one attached hydrogen (secondary N) is 1. The minimum Gasteiger partial charge on any atom is -0.371 e. The van der Waals surface area contributed by atoms with Crippen LogP contribution in [0.2, 0.25) is 0 Å². The van der Waals surface area contributed by atoms with E-state index in [2.05, 4.69) is 27.0 Å². The second kappa shape index (κ2) is 5.88. The lowest BCUT2D eigenvalue weighted by Gasteiger charge is -2.38. The highest BCUT2D eigenvalue weighted by atomic mass is 16.5. The zero-order valence-corrected chi connectivity index (χ0v) is 12.1. The van der Waals surface area contributed by atoms with E-state index >= 15 is 0 Å². The van der Waals surface area contributed by atoms with Crippen molar-refractivity contribution >= 4 is 5.95 Å². The largest absolute Gasteiger partial charge is 0.371 e. The average Bonchev–Trinajstić information content (AvgIpc) is 2.86. The maximum atomic E-state index is 5.82. The minimum absolute atomic E-state index is 0.203. The maximum Gasteiger partial charge on any atom is 0.244 e. The van der Waals surface area contributed by atoms with Gasteiger partial charge in [-0.2, -0.15) is 4.98 Å². The first-order valence-electron chi connectivity index (χ1n) is 7.00. The van der Waals surface area contributed by atoms with E-state index in [9.17, 15) is 0 Å². The number of anilines is 1. The van der Waals surface area contributed by atoms with E-state index in [0.29, 0.717) is 6.61 Å². The van der Waals surface area contributed by atoms with Crippen LogP contribution in [0.5, 0.6) is 0 Å². The smallest absolute Gasteiger partial charge is 0.244 e. The van der Waals surface area contributed by atoms with Gasteiger partial charge >= 0.3 is 0 Å². The van der Waals surface area contributed by atoms with Crippen molar-refractivity contribution in [1.82, 2.24) is 15.2 Å². The lowest BCUT2D eigenvalue weighted by atomic mass is 9.81. The second-order valence-corrected chi connectivity index (χ2v) is 5.94. The number of nitrogens with zero attached hydrogens (tertiary/aromatic N) is 3. The molecule has 108 valence electrons. The van der Waals surface area contributed by atoms with Crippen LogP contribution >= 0.6 is 0 Å². The number of piperidine rings is 1. The van der Waals surface area contributed by atoms with Gasteiger partial charge in [0.2, 0.25) is 5.95 Å². The summed E-state index contributed by atoms with van der Waals surface area (Å²) in [5, 5.41) is 7.21. The lowest BCUT2D eigenvalue weighted by Crippen LogP contribution is -2.42. The molecule has 0 radical (unpaired) electrons. The molecule has 1 fully saturated rings. The van der Waals surface area contributed by atoms with Gasteiger partial charge in [-0.1, -0.05) is 6.92 Å². The van der Waals surface area contributed by atoms with Gasteiger partial charge in [-0.3, -0.25) is 5.10 Å². The Balaban J connectivity index is 1.89. The Hall–Kier alpha value is -1.14. The molecule has 1 aliphatic heterocycles. The van der Waals surface area contributed by atoms with Crippen LogP contribution in [0.3, 0.4) is 0 Å². The van der Waals surface area contributed by atoms with Crippen molar-refractivity contribution in [3.63, 3.8) is 0 Å². The highest BCUT2D eigenvalue weighted by Crippen LogP contribution is 2.30. The number of hydrogen-bond acceptors (Lipinski definition) is 5. The molecule has 1 aromatic heterocycles. The van der Waals surface area contributed by atoms with Crippen molar-refractivity contribution in [1.29, 1.82) is 0 Å². The molecule has 1 aliphatic rings. The summed E-state index contributed by atoms with van der Waals surface area (Å²) in [5.41, 5.74) is 6.10. The second-order valence-electron chi connectivity index (χ2n) is 5.94. The molecular formula is C13H25N5O. The van der Waals surface area contributed by atoms with Crippen LogP contribution < -0.4 is 10.6 Å². The normalized spacial score (nSPS) is 19.1. The number of hydrogen-bond donors (Lipinski definition) is 2. The Morgan fingerprint density at radius 3 is 2.68 bits per heavy atom. The number of nitrogens with two attached hydrogens (primary N) is 1. The quantitative estimate of drug-likeness (QED) is 0.840. The molecule has 0 atom stereocenters. The molecule has 3 N–H and O–H groups in total. The molecule has 1 aromatic rings. The molecule has 6 nitrogen and oxygen atoms in total. The highest BCUT2D eigenvalue weighted by molar-refractivity contribution is 5.29. The van der Waals surface area contributed by atoms with Crippen LogP contribution in [0.15, 0.2) is 0 Å². The summed E-state index contributed by atoms with van der Waals surface area (Å²) in [7, 11) is 0. The molecule has 1 saturated heterocycles. The average molecular weight is 267 g/mol. The molecule has 0 amide bonds. The van der Waals surface area contributed by atoms with E-state index in [-0.39, 0.29) is 11.5 Å². The predicted molar refractivity (Wildman–Crippen MR) is 74.9 cm³/mol. The van der Waals surface area contributed by atoms with Crippen LogP contribution in [0.4, 0.5) is 5.95 Å². The number of H-pyrrole nitrogens is 1. The zero-order chi connectivity index (χ0) is 13.9. The van der Waals surface area contributed by atoms with Gasteiger partial charge in [0.1, 0.15) is 6.61 Å². The van der Waals surface area contributed by atoms with Crippen molar-refractivity contribution in [3.8, 4) is 0 Å². The molecule has 6 heteroatoms. The minimum atomic E-state index is 0.203. The van der Waals surface area contributed by atoms with Crippen LogP contribution in [-0.2, 0) is 11.3 Å². The summed E-state index contributed by atoms with van der Waals surface area (Å²) < 4.78 is 5.51. The molecular weight excluding hydrogens is 242 g/mol. The van der Waals surface area contributed by atoms with Gasteiger partial charge in [0.15, 0.2) is 5.82 Å². The summed E-state index contributed by atoms with van der Waals surface area (Å²) in [6, 6.07) is 0. The third-order valence-corrected chi connectivity index (χ3v) is 3.82. The molecule has 0 aromatic carbocycles. The van der Waals surface area contributed by atoms with Gasteiger partial charge in [-0.05, 0) is 38.6 Å². The first kappa shape index (κ1) is 14.3. The van der Waals surface area contributed by atoms with Gasteiger partial charge in [0.05, 0.1) is 6.10 Å². The fourth-order valence-electron chi connectivity index (χ4n) is 2.19. The zero-order valence-electron chi connectivity index (χ0n) is 12.1. The van der Waals surface area contributed by atoms with Crippen LogP contribution in [0.25, 0.3) is 0 Å². The van der Waals surface area contributed by atoms with Crippen LogP contribution in [0, 0.1) is 5.41 Å². The van der Waals surface area contributed by atoms with Crippen molar-refractivity contribution in [2.45, 2.75) is 46.3 Å². The Morgan fingerprint density at radius 1 is 1.42 bits per heavy atom. The number of rotatable bonds is 5. The first-order chi connectivity index (χ1) is 9.02. The molecule has 19 heavy (non-hydrogen) atoms. The van der Waals surface area contributed by atoms with Crippen LogP contribution in [0.1, 0.15) is 39.4 Å². The molecule has 0 aliphatic carbocycles.